The van der Waals surface area contributed by atoms with Gasteiger partial charge in [0.2, 0.25) is 0 Å². The van der Waals surface area contributed by atoms with E-state index in [0.717, 1.165) is 22.1 Å². The van der Waals surface area contributed by atoms with Crippen LogP contribution in [0.4, 0.5) is 9.70 Å². The van der Waals surface area contributed by atoms with E-state index in [1.165, 1.54) is 3.97 Å². The molecular formula is C15H11FN6S. The van der Waals surface area contributed by atoms with Crippen LogP contribution in [-0.4, -0.2) is 24.1 Å². The molecule has 4 heterocycles. The van der Waals surface area contributed by atoms with Crippen LogP contribution in [0.1, 0.15) is 0 Å². The van der Waals surface area contributed by atoms with Crippen molar-refractivity contribution in [1.82, 2.24) is 24.1 Å². The number of nitrogen functional groups attached to an aromatic ring is 1. The zero-order valence-corrected chi connectivity index (χ0v) is 12.6. The van der Waals surface area contributed by atoms with E-state index < -0.39 is 0 Å². The van der Waals surface area contributed by atoms with Crippen molar-refractivity contribution in [3.05, 3.63) is 49.1 Å². The maximum Gasteiger partial charge on any atom is 0.171 e. The maximum atomic E-state index is 13.5. The first-order valence-electron chi connectivity index (χ1n) is 6.78. The Morgan fingerprint density at radius 2 is 2.00 bits per heavy atom. The summed E-state index contributed by atoms with van der Waals surface area (Å²) in [5.74, 6) is 0.432. The van der Waals surface area contributed by atoms with E-state index in [9.17, 15) is 3.89 Å². The van der Waals surface area contributed by atoms with Gasteiger partial charge >= 0.3 is 0 Å². The number of nitrogens with zero attached hydrogens (tertiary/aromatic N) is 4. The Balaban J connectivity index is 2.01. The molecule has 0 aromatic carbocycles. The van der Waals surface area contributed by atoms with Gasteiger partial charge in [-0.05, 0) is 35.4 Å². The number of aromatic amines is 1. The van der Waals surface area contributed by atoms with Gasteiger partial charge in [0.05, 0.1) is 11.9 Å². The summed E-state index contributed by atoms with van der Waals surface area (Å²) in [7, 11) is 0. The van der Waals surface area contributed by atoms with Gasteiger partial charge < -0.3 is 5.73 Å². The number of pyridine rings is 2. The molecule has 114 valence electrons. The molecule has 0 aliphatic heterocycles. The van der Waals surface area contributed by atoms with Crippen molar-refractivity contribution >= 4 is 29.2 Å². The second-order valence-corrected chi connectivity index (χ2v) is 5.45. The number of halogens is 1. The molecule has 0 spiro atoms. The fraction of sp³-hybridized carbons (Fsp3) is 0. The highest BCUT2D eigenvalue weighted by Crippen LogP contribution is 2.36. The average molecular weight is 326 g/mol. The number of aromatic nitrogens is 5. The molecule has 0 bridgehead atoms. The monoisotopic (exact) mass is 326 g/mol. The standard InChI is InChI=1S/C15H11FN6S/c16-23-22-13(10-7-20-21-8-10)6-12-11(2-4-19-15(12)22)9-1-3-18-14(17)5-9/h1-8H,(H2,17,18)(H,20,21). The molecule has 3 N–H and O–H groups in total. The number of fused-ring (bicyclic) bond motifs is 1. The SMILES string of the molecule is Nc1cc(-c2ccnc3c2cc(-c2cn[nH]c2)n3SF)ccn1. The van der Waals surface area contributed by atoms with Crippen LogP contribution in [-0.2, 0) is 0 Å². The lowest BCUT2D eigenvalue weighted by Crippen LogP contribution is -1.91. The van der Waals surface area contributed by atoms with Crippen LogP contribution in [0.2, 0.25) is 0 Å². The van der Waals surface area contributed by atoms with E-state index in [0.29, 0.717) is 17.2 Å². The Kier molecular flexibility index (Phi) is 3.23. The summed E-state index contributed by atoms with van der Waals surface area (Å²) in [4.78, 5) is 8.32. The highest BCUT2D eigenvalue weighted by atomic mass is 32.2. The van der Waals surface area contributed by atoms with Crippen LogP contribution in [0.15, 0.2) is 49.1 Å². The first-order chi connectivity index (χ1) is 11.3. The van der Waals surface area contributed by atoms with Crippen LogP contribution in [0.5, 0.6) is 0 Å². The predicted molar refractivity (Wildman–Crippen MR) is 89.1 cm³/mol. The molecule has 4 aromatic rings. The second-order valence-electron chi connectivity index (χ2n) is 4.95. The first kappa shape index (κ1) is 13.8. The minimum atomic E-state index is 0.112. The molecule has 0 saturated carbocycles. The third kappa shape index (κ3) is 2.23. The lowest BCUT2D eigenvalue weighted by Gasteiger charge is -2.04. The quantitative estimate of drug-likeness (QED) is 0.602. The topological polar surface area (TPSA) is 85.4 Å². The van der Waals surface area contributed by atoms with E-state index in [4.69, 9.17) is 5.73 Å². The Labute approximate surface area is 135 Å². The molecule has 6 nitrogen and oxygen atoms in total. The van der Waals surface area contributed by atoms with Crippen LogP contribution in [0.3, 0.4) is 0 Å². The Bertz CT molecular complexity index is 979. The fourth-order valence-electron chi connectivity index (χ4n) is 2.60. The summed E-state index contributed by atoms with van der Waals surface area (Å²) in [6.07, 6.45) is 6.66. The molecule has 0 saturated heterocycles. The number of hydrogen-bond donors (Lipinski definition) is 2. The number of H-pyrrole nitrogens is 1. The lowest BCUT2D eigenvalue weighted by molar-refractivity contribution is 0.920. The molecular weight excluding hydrogens is 315 g/mol. The minimum absolute atomic E-state index is 0.112. The van der Waals surface area contributed by atoms with E-state index in [1.54, 1.807) is 30.9 Å². The number of rotatable bonds is 3. The van der Waals surface area contributed by atoms with Gasteiger partial charge in [0.1, 0.15) is 5.82 Å². The number of hydrogen-bond acceptors (Lipinski definition) is 5. The summed E-state index contributed by atoms with van der Waals surface area (Å²) >= 11 is 0.112. The van der Waals surface area contributed by atoms with E-state index in [-0.39, 0.29) is 12.3 Å². The van der Waals surface area contributed by atoms with Gasteiger partial charge in [-0.25, -0.2) is 13.9 Å². The van der Waals surface area contributed by atoms with Gasteiger partial charge in [-0.15, -0.1) is 3.89 Å². The molecule has 0 aliphatic rings. The summed E-state index contributed by atoms with van der Waals surface area (Å²) in [5, 5.41) is 7.49. The fourth-order valence-corrected chi connectivity index (χ4v) is 3.05. The number of nitrogens with two attached hydrogens (primary N) is 1. The van der Waals surface area contributed by atoms with Gasteiger partial charge in [0.15, 0.2) is 18.0 Å². The third-order valence-electron chi connectivity index (χ3n) is 3.62. The van der Waals surface area contributed by atoms with Crippen molar-refractivity contribution in [2.75, 3.05) is 5.73 Å². The van der Waals surface area contributed by atoms with Crippen LogP contribution < -0.4 is 5.73 Å². The normalized spacial score (nSPS) is 11.2. The summed E-state index contributed by atoms with van der Waals surface area (Å²) in [6.45, 7) is 0. The molecule has 0 unspecified atom stereocenters. The van der Waals surface area contributed by atoms with Crippen LogP contribution in [0.25, 0.3) is 33.4 Å². The molecule has 0 fully saturated rings. The van der Waals surface area contributed by atoms with E-state index in [1.807, 2.05) is 18.2 Å². The summed E-state index contributed by atoms with van der Waals surface area (Å²) < 4.78 is 15.0. The largest absolute Gasteiger partial charge is 0.384 e. The van der Waals surface area contributed by atoms with Crippen molar-refractivity contribution in [3.8, 4) is 22.4 Å². The van der Waals surface area contributed by atoms with Crippen LogP contribution >= 0.6 is 12.3 Å². The van der Waals surface area contributed by atoms with Crippen molar-refractivity contribution in [2.45, 2.75) is 0 Å². The smallest absolute Gasteiger partial charge is 0.171 e. The van der Waals surface area contributed by atoms with Crippen molar-refractivity contribution in [3.63, 3.8) is 0 Å². The van der Waals surface area contributed by atoms with Gasteiger partial charge in [0.25, 0.3) is 0 Å². The first-order valence-corrected chi connectivity index (χ1v) is 7.46. The van der Waals surface area contributed by atoms with Crippen molar-refractivity contribution in [1.29, 1.82) is 0 Å². The molecule has 0 radical (unpaired) electrons. The Hall–Kier alpha value is -2.87. The molecule has 23 heavy (non-hydrogen) atoms. The zero-order chi connectivity index (χ0) is 15.8. The molecule has 4 aromatic heterocycles. The van der Waals surface area contributed by atoms with Gasteiger partial charge in [-0.2, -0.15) is 5.10 Å². The van der Waals surface area contributed by atoms with E-state index >= 15 is 0 Å². The van der Waals surface area contributed by atoms with E-state index in [2.05, 4.69) is 20.2 Å². The minimum Gasteiger partial charge on any atom is -0.384 e. The summed E-state index contributed by atoms with van der Waals surface area (Å²) in [6, 6.07) is 7.42. The van der Waals surface area contributed by atoms with Gasteiger partial charge in [0, 0.05) is 29.5 Å². The Morgan fingerprint density at radius 3 is 2.74 bits per heavy atom. The average Bonchev–Trinajstić information content (AvgIpc) is 3.21. The third-order valence-corrected chi connectivity index (χ3v) is 4.12. The van der Waals surface area contributed by atoms with Crippen LogP contribution in [0, 0.1) is 0 Å². The zero-order valence-electron chi connectivity index (χ0n) is 11.8. The molecule has 0 atom stereocenters. The van der Waals surface area contributed by atoms with Crippen molar-refractivity contribution in [2.24, 2.45) is 0 Å². The highest BCUT2D eigenvalue weighted by Gasteiger charge is 2.16. The number of anilines is 1. The van der Waals surface area contributed by atoms with Gasteiger partial charge in [-0.1, -0.05) is 0 Å². The Morgan fingerprint density at radius 1 is 1.13 bits per heavy atom. The molecule has 4 rings (SSSR count). The van der Waals surface area contributed by atoms with Crippen molar-refractivity contribution < 1.29 is 3.89 Å². The maximum absolute atomic E-state index is 13.5. The number of nitrogens with one attached hydrogen (secondary N) is 1. The molecule has 0 amide bonds. The predicted octanol–water partition coefficient (Wildman–Crippen LogP) is 3.45. The van der Waals surface area contributed by atoms with Gasteiger partial charge in [-0.3, -0.25) is 5.10 Å². The molecule has 8 heteroatoms. The summed E-state index contributed by atoms with van der Waals surface area (Å²) in [5.41, 5.74) is 9.61. The second kappa shape index (κ2) is 5.40. The molecule has 0 aliphatic carbocycles. The lowest BCUT2D eigenvalue weighted by atomic mass is 10.0. The highest BCUT2D eigenvalue weighted by molar-refractivity contribution is 7.93.